The van der Waals surface area contributed by atoms with E-state index in [2.05, 4.69) is 20.3 Å². The van der Waals surface area contributed by atoms with E-state index in [1.165, 1.54) is 0 Å². The lowest BCUT2D eigenvalue weighted by atomic mass is 10.1. The first-order valence-electron chi connectivity index (χ1n) is 5.59. The van der Waals surface area contributed by atoms with E-state index in [-0.39, 0.29) is 22.1 Å². The number of carbonyl (C=O) groups is 1. The van der Waals surface area contributed by atoms with E-state index >= 15 is 0 Å². The molecular weight excluding hydrogens is 303 g/mol. The van der Waals surface area contributed by atoms with Crippen LogP contribution in [0.4, 0.5) is 5.95 Å². The van der Waals surface area contributed by atoms with Gasteiger partial charge in [0, 0.05) is 6.54 Å². The molecule has 2 N–H and O–H groups in total. The van der Waals surface area contributed by atoms with Crippen molar-refractivity contribution in [2.75, 3.05) is 5.32 Å². The van der Waals surface area contributed by atoms with Crippen LogP contribution in [0.2, 0.25) is 10.6 Å². The first-order valence-corrected chi connectivity index (χ1v) is 6.35. The van der Waals surface area contributed by atoms with Crippen LogP contribution >= 0.6 is 23.2 Å². The van der Waals surface area contributed by atoms with Gasteiger partial charge in [-0.2, -0.15) is 15.0 Å². The molecule has 2 rings (SSSR count). The fourth-order valence-corrected chi connectivity index (χ4v) is 2.03. The summed E-state index contributed by atoms with van der Waals surface area (Å²) in [5, 5.41) is 11.9. The van der Waals surface area contributed by atoms with Gasteiger partial charge in [-0.25, -0.2) is 4.79 Å². The lowest BCUT2D eigenvalue weighted by Gasteiger charge is -2.07. The van der Waals surface area contributed by atoms with Gasteiger partial charge in [-0.3, -0.25) is 0 Å². The average Bonchev–Trinajstić information content (AvgIpc) is 2.35. The molecule has 0 radical (unpaired) electrons. The van der Waals surface area contributed by atoms with Crippen molar-refractivity contribution in [1.29, 1.82) is 0 Å². The number of nitrogens with zero attached hydrogens (tertiary/aromatic N) is 3. The highest BCUT2D eigenvalue weighted by molar-refractivity contribution is 6.31. The summed E-state index contributed by atoms with van der Waals surface area (Å²) in [5.41, 5.74) is 1.85. The number of benzene rings is 1. The summed E-state index contributed by atoms with van der Waals surface area (Å²) in [6, 6.07) is 5.05. The summed E-state index contributed by atoms with van der Waals surface area (Å²) < 4.78 is 0. The van der Waals surface area contributed by atoms with E-state index in [0.717, 1.165) is 5.56 Å². The molecule has 0 aliphatic rings. The van der Waals surface area contributed by atoms with Crippen LogP contribution in [-0.4, -0.2) is 26.0 Å². The van der Waals surface area contributed by atoms with Crippen LogP contribution in [0.1, 0.15) is 21.5 Å². The predicted molar refractivity (Wildman–Crippen MR) is 75.3 cm³/mol. The molecule has 1 aromatic carbocycles. The standard InChI is InChI=1S/C12H10Cl2N4O2/c1-6-4-7(2-3-8(6)9(19)20)5-15-12-17-10(13)16-11(14)18-12/h2-4H,5H2,1H3,(H,19,20)(H,15,16,17,18). The number of halogens is 2. The Morgan fingerprint density at radius 3 is 2.45 bits per heavy atom. The number of nitrogens with one attached hydrogen (secondary N) is 1. The summed E-state index contributed by atoms with van der Waals surface area (Å²) in [4.78, 5) is 22.3. The molecule has 0 amide bonds. The van der Waals surface area contributed by atoms with Crippen molar-refractivity contribution >= 4 is 35.1 Å². The Balaban J connectivity index is 2.11. The molecule has 1 heterocycles. The molecule has 0 saturated carbocycles. The Bertz CT molecular complexity index is 644. The molecule has 0 aliphatic carbocycles. The smallest absolute Gasteiger partial charge is 0.335 e. The quantitative estimate of drug-likeness (QED) is 0.902. The number of carboxylic acid groups (broad SMARTS) is 1. The van der Waals surface area contributed by atoms with Gasteiger partial charge >= 0.3 is 5.97 Å². The van der Waals surface area contributed by atoms with Crippen molar-refractivity contribution in [1.82, 2.24) is 15.0 Å². The molecule has 20 heavy (non-hydrogen) atoms. The van der Waals surface area contributed by atoms with Gasteiger partial charge < -0.3 is 10.4 Å². The van der Waals surface area contributed by atoms with Crippen molar-refractivity contribution in [2.45, 2.75) is 13.5 Å². The molecule has 0 aliphatic heterocycles. The zero-order valence-corrected chi connectivity index (χ0v) is 11.9. The monoisotopic (exact) mass is 312 g/mol. The summed E-state index contributed by atoms with van der Waals surface area (Å²) in [5.74, 6) is -0.687. The number of aromatic nitrogens is 3. The number of aromatic carboxylic acids is 1. The fourth-order valence-electron chi connectivity index (χ4n) is 1.66. The van der Waals surface area contributed by atoms with Crippen molar-refractivity contribution in [3.8, 4) is 0 Å². The average molecular weight is 313 g/mol. The lowest BCUT2D eigenvalue weighted by Crippen LogP contribution is -2.06. The Morgan fingerprint density at radius 1 is 1.25 bits per heavy atom. The minimum absolute atomic E-state index is 0.00454. The summed E-state index contributed by atoms with van der Waals surface area (Å²) in [7, 11) is 0. The number of anilines is 1. The topological polar surface area (TPSA) is 88.0 Å². The first kappa shape index (κ1) is 14.5. The summed E-state index contributed by atoms with van der Waals surface area (Å²) in [6.07, 6.45) is 0. The van der Waals surface area contributed by atoms with Crippen molar-refractivity contribution in [2.24, 2.45) is 0 Å². The zero-order valence-electron chi connectivity index (χ0n) is 10.4. The van der Waals surface area contributed by atoms with E-state index in [0.29, 0.717) is 12.1 Å². The van der Waals surface area contributed by atoms with E-state index in [1.807, 2.05) is 0 Å². The molecule has 0 atom stereocenters. The molecule has 0 unspecified atom stereocenters. The molecule has 104 valence electrons. The molecule has 0 spiro atoms. The minimum atomic E-state index is -0.946. The van der Waals surface area contributed by atoms with Gasteiger partial charge in [-0.05, 0) is 47.3 Å². The summed E-state index contributed by atoms with van der Waals surface area (Å²) in [6.45, 7) is 2.15. The normalized spacial score (nSPS) is 10.3. The maximum absolute atomic E-state index is 10.9. The van der Waals surface area contributed by atoms with Crippen LogP contribution in [0, 0.1) is 6.92 Å². The SMILES string of the molecule is Cc1cc(CNc2nc(Cl)nc(Cl)n2)ccc1C(=O)O. The van der Waals surface area contributed by atoms with Gasteiger partial charge in [0.15, 0.2) is 0 Å². The van der Waals surface area contributed by atoms with Crippen LogP contribution in [0.5, 0.6) is 0 Å². The second kappa shape index (κ2) is 6.02. The number of carboxylic acids is 1. The molecule has 0 bridgehead atoms. The summed E-state index contributed by atoms with van der Waals surface area (Å²) >= 11 is 11.3. The van der Waals surface area contributed by atoms with Gasteiger partial charge in [0.1, 0.15) is 0 Å². The molecule has 8 heteroatoms. The molecule has 0 saturated heterocycles. The van der Waals surface area contributed by atoms with Crippen LogP contribution in [0.25, 0.3) is 0 Å². The Hall–Kier alpha value is -1.92. The van der Waals surface area contributed by atoms with Crippen molar-refractivity contribution in [3.05, 3.63) is 45.5 Å². The van der Waals surface area contributed by atoms with Gasteiger partial charge in [-0.15, -0.1) is 0 Å². The van der Waals surface area contributed by atoms with Crippen LogP contribution in [0.15, 0.2) is 18.2 Å². The number of rotatable bonds is 4. The van der Waals surface area contributed by atoms with E-state index < -0.39 is 5.97 Å². The molecule has 1 aromatic heterocycles. The highest BCUT2D eigenvalue weighted by atomic mass is 35.5. The Morgan fingerprint density at radius 2 is 1.90 bits per heavy atom. The van der Waals surface area contributed by atoms with Crippen LogP contribution in [-0.2, 0) is 6.54 Å². The second-order valence-electron chi connectivity index (χ2n) is 4.01. The Labute approximate surface area is 124 Å². The van der Waals surface area contributed by atoms with Crippen molar-refractivity contribution < 1.29 is 9.90 Å². The first-order chi connectivity index (χ1) is 9.45. The predicted octanol–water partition coefficient (Wildman–Crippen LogP) is 2.80. The van der Waals surface area contributed by atoms with Crippen LogP contribution in [0.3, 0.4) is 0 Å². The molecule has 0 fully saturated rings. The molecule has 2 aromatic rings. The van der Waals surface area contributed by atoms with Gasteiger partial charge in [0.25, 0.3) is 0 Å². The maximum atomic E-state index is 10.9. The minimum Gasteiger partial charge on any atom is -0.478 e. The molecular formula is C12H10Cl2N4O2. The number of hydrogen-bond acceptors (Lipinski definition) is 5. The molecule has 6 nitrogen and oxygen atoms in total. The number of aryl methyl sites for hydroxylation is 1. The van der Waals surface area contributed by atoms with Gasteiger partial charge in [0.2, 0.25) is 16.5 Å². The Kier molecular flexibility index (Phi) is 4.36. The van der Waals surface area contributed by atoms with E-state index in [4.69, 9.17) is 28.3 Å². The second-order valence-corrected chi connectivity index (χ2v) is 4.68. The third-order valence-electron chi connectivity index (χ3n) is 2.55. The third kappa shape index (κ3) is 3.55. The van der Waals surface area contributed by atoms with Gasteiger partial charge in [0.05, 0.1) is 5.56 Å². The number of hydrogen-bond donors (Lipinski definition) is 2. The zero-order chi connectivity index (χ0) is 14.7. The lowest BCUT2D eigenvalue weighted by molar-refractivity contribution is 0.0696. The largest absolute Gasteiger partial charge is 0.478 e. The van der Waals surface area contributed by atoms with E-state index in [9.17, 15) is 4.79 Å². The third-order valence-corrected chi connectivity index (χ3v) is 2.89. The fraction of sp³-hybridized carbons (Fsp3) is 0.167. The van der Waals surface area contributed by atoms with Crippen LogP contribution < -0.4 is 5.32 Å². The maximum Gasteiger partial charge on any atom is 0.335 e. The van der Waals surface area contributed by atoms with Crippen molar-refractivity contribution in [3.63, 3.8) is 0 Å². The highest BCUT2D eigenvalue weighted by Gasteiger charge is 2.08. The van der Waals surface area contributed by atoms with Gasteiger partial charge in [-0.1, -0.05) is 12.1 Å². The highest BCUT2D eigenvalue weighted by Crippen LogP contribution is 2.14. The van der Waals surface area contributed by atoms with E-state index in [1.54, 1.807) is 25.1 Å².